The summed E-state index contributed by atoms with van der Waals surface area (Å²) in [4.78, 5) is 0. The van der Waals surface area contributed by atoms with Crippen LogP contribution < -0.4 is 4.31 Å². The molecule has 2 aromatic carbocycles. The van der Waals surface area contributed by atoms with E-state index >= 15 is 0 Å². The summed E-state index contributed by atoms with van der Waals surface area (Å²) in [7, 11) is 1.40. The minimum absolute atomic E-state index is 1.13. The van der Waals surface area contributed by atoms with Gasteiger partial charge in [0.05, 0.1) is 11.4 Å². The third-order valence-electron chi connectivity index (χ3n) is 2.06. The zero-order valence-electron chi connectivity index (χ0n) is 8.08. The quantitative estimate of drug-likeness (QED) is 0.478. The molecule has 76 valence electrons. The van der Waals surface area contributed by atoms with E-state index in [2.05, 4.69) is 40.2 Å². The maximum absolute atomic E-state index is 4.28. The summed E-state index contributed by atoms with van der Waals surface area (Å²) in [5.74, 6) is 0. The van der Waals surface area contributed by atoms with Crippen molar-refractivity contribution in [2.45, 2.75) is 0 Å². The molecule has 0 radical (unpaired) electrons. The van der Waals surface area contributed by atoms with Crippen LogP contribution in [-0.4, -0.2) is 0 Å². The molecule has 0 spiro atoms. The SMILES string of the molecule is SSN(c1ccccc1)c1ccccc1. The number of hydrogen-bond acceptors (Lipinski definition) is 3. The van der Waals surface area contributed by atoms with Gasteiger partial charge >= 0.3 is 0 Å². The molecule has 0 bridgehead atoms. The van der Waals surface area contributed by atoms with Crippen LogP contribution in [0.15, 0.2) is 60.7 Å². The Morgan fingerprint density at radius 1 is 0.733 bits per heavy atom. The Kier molecular flexibility index (Phi) is 3.59. The molecule has 2 aromatic rings. The summed E-state index contributed by atoms with van der Waals surface area (Å²) in [6, 6.07) is 20.4. The van der Waals surface area contributed by atoms with E-state index in [1.165, 1.54) is 11.0 Å². The molecule has 0 saturated carbocycles. The van der Waals surface area contributed by atoms with Crippen molar-refractivity contribution in [3.63, 3.8) is 0 Å². The van der Waals surface area contributed by atoms with E-state index in [4.69, 9.17) is 0 Å². The second-order valence-electron chi connectivity index (χ2n) is 3.05. The highest BCUT2D eigenvalue weighted by Crippen LogP contribution is 2.33. The molecule has 15 heavy (non-hydrogen) atoms. The van der Waals surface area contributed by atoms with Crippen molar-refractivity contribution in [2.75, 3.05) is 4.31 Å². The maximum Gasteiger partial charge on any atom is 0.0533 e. The van der Waals surface area contributed by atoms with Crippen molar-refractivity contribution in [3.05, 3.63) is 60.7 Å². The minimum Gasteiger partial charge on any atom is -0.276 e. The second kappa shape index (κ2) is 5.14. The standard InChI is InChI=1S/C12H11NS2/c14-15-13(11-7-3-1-4-8-11)12-9-5-2-6-10-12/h1-10,14H. The van der Waals surface area contributed by atoms with Gasteiger partial charge in [0.15, 0.2) is 0 Å². The molecule has 1 nitrogen and oxygen atoms in total. The van der Waals surface area contributed by atoms with Crippen LogP contribution in [0.2, 0.25) is 0 Å². The van der Waals surface area contributed by atoms with Gasteiger partial charge in [-0.1, -0.05) is 48.1 Å². The molecule has 0 saturated heterocycles. The second-order valence-corrected chi connectivity index (χ2v) is 4.07. The zero-order chi connectivity index (χ0) is 10.5. The highest BCUT2D eigenvalue weighted by atomic mass is 33.1. The molecule has 0 fully saturated rings. The van der Waals surface area contributed by atoms with Crippen LogP contribution in [0.1, 0.15) is 0 Å². The third-order valence-corrected chi connectivity index (χ3v) is 3.14. The van der Waals surface area contributed by atoms with E-state index in [0.717, 1.165) is 11.4 Å². The number of hydrogen-bond donors (Lipinski definition) is 1. The van der Waals surface area contributed by atoms with E-state index in [1.54, 1.807) is 0 Å². The van der Waals surface area contributed by atoms with Crippen molar-refractivity contribution in [1.29, 1.82) is 0 Å². The molecule has 0 aliphatic rings. The third kappa shape index (κ3) is 2.49. The lowest BCUT2D eigenvalue weighted by molar-refractivity contribution is 1.44. The van der Waals surface area contributed by atoms with Crippen LogP contribution in [0.4, 0.5) is 11.4 Å². The molecule has 0 atom stereocenters. The first kappa shape index (κ1) is 10.5. The van der Waals surface area contributed by atoms with Crippen molar-refractivity contribution < 1.29 is 0 Å². The largest absolute Gasteiger partial charge is 0.276 e. The first-order valence-electron chi connectivity index (χ1n) is 4.63. The molecule has 2 rings (SSSR count). The van der Waals surface area contributed by atoms with Gasteiger partial charge in [-0.2, -0.15) is 0 Å². The molecule has 3 heteroatoms. The molecule has 0 heterocycles. The number of para-hydroxylation sites is 2. The van der Waals surface area contributed by atoms with Crippen molar-refractivity contribution in [3.8, 4) is 0 Å². The number of thiol groups is 1. The average molecular weight is 233 g/mol. The highest BCUT2D eigenvalue weighted by molar-refractivity contribution is 8.69. The maximum atomic E-state index is 4.28. The first-order chi connectivity index (χ1) is 7.42. The van der Waals surface area contributed by atoms with Gasteiger partial charge in [0.25, 0.3) is 0 Å². The van der Waals surface area contributed by atoms with Crippen molar-refractivity contribution in [2.24, 2.45) is 0 Å². The van der Waals surface area contributed by atoms with E-state index in [-0.39, 0.29) is 0 Å². The van der Waals surface area contributed by atoms with Crippen LogP contribution in [0.3, 0.4) is 0 Å². The summed E-state index contributed by atoms with van der Waals surface area (Å²) in [6.07, 6.45) is 0. The normalized spacial score (nSPS) is 9.93. The summed E-state index contributed by atoms with van der Waals surface area (Å²) < 4.78 is 2.07. The van der Waals surface area contributed by atoms with E-state index in [0.29, 0.717) is 0 Å². The Morgan fingerprint density at radius 2 is 1.13 bits per heavy atom. The first-order valence-corrected chi connectivity index (χ1v) is 6.46. The zero-order valence-corrected chi connectivity index (χ0v) is 9.79. The predicted octanol–water partition coefficient (Wildman–Crippen LogP) is 4.32. The topological polar surface area (TPSA) is 3.24 Å². The highest BCUT2D eigenvalue weighted by Gasteiger charge is 2.06. The lowest BCUT2D eigenvalue weighted by Gasteiger charge is -2.20. The Morgan fingerprint density at radius 3 is 1.47 bits per heavy atom. The van der Waals surface area contributed by atoms with Crippen LogP contribution in [0.5, 0.6) is 0 Å². The van der Waals surface area contributed by atoms with Crippen LogP contribution in [0, 0.1) is 0 Å². The molecule has 0 aliphatic heterocycles. The molecule has 0 aliphatic carbocycles. The van der Waals surface area contributed by atoms with Gasteiger partial charge in [-0.15, -0.1) is 0 Å². The van der Waals surface area contributed by atoms with Crippen molar-refractivity contribution in [1.82, 2.24) is 0 Å². The smallest absolute Gasteiger partial charge is 0.0533 e. The van der Waals surface area contributed by atoms with Gasteiger partial charge in [-0.25, -0.2) is 0 Å². The number of anilines is 2. The minimum atomic E-state index is 1.13. The molecular weight excluding hydrogens is 222 g/mol. The van der Waals surface area contributed by atoms with Crippen LogP contribution in [0.25, 0.3) is 0 Å². The molecule has 0 unspecified atom stereocenters. The molecule has 0 amide bonds. The van der Waals surface area contributed by atoms with Crippen LogP contribution >= 0.6 is 22.6 Å². The Labute approximate surface area is 99.1 Å². The average Bonchev–Trinajstić information content (AvgIpc) is 2.33. The van der Waals surface area contributed by atoms with Gasteiger partial charge in [-0.3, -0.25) is 4.31 Å². The summed E-state index contributed by atoms with van der Waals surface area (Å²) in [6.45, 7) is 0. The van der Waals surface area contributed by atoms with Gasteiger partial charge in [0, 0.05) is 11.0 Å². The van der Waals surface area contributed by atoms with Crippen LogP contribution in [-0.2, 0) is 0 Å². The van der Waals surface area contributed by atoms with E-state index in [1.807, 2.05) is 36.4 Å². The van der Waals surface area contributed by atoms with E-state index < -0.39 is 0 Å². The van der Waals surface area contributed by atoms with E-state index in [9.17, 15) is 0 Å². The Bertz CT molecular complexity index is 363. The van der Waals surface area contributed by atoms with Gasteiger partial charge in [0.2, 0.25) is 0 Å². The lowest BCUT2D eigenvalue weighted by Crippen LogP contribution is -2.03. The molecule has 0 N–H and O–H groups in total. The Hall–Kier alpha value is -1.06. The number of rotatable bonds is 3. The Balaban J connectivity index is 2.34. The fourth-order valence-electron chi connectivity index (χ4n) is 1.37. The fourth-order valence-corrected chi connectivity index (χ4v) is 2.37. The predicted molar refractivity (Wildman–Crippen MR) is 71.6 cm³/mol. The summed E-state index contributed by atoms with van der Waals surface area (Å²) in [5.41, 5.74) is 2.26. The monoisotopic (exact) mass is 233 g/mol. The van der Waals surface area contributed by atoms with Crippen molar-refractivity contribution >= 4 is 34.0 Å². The van der Waals surface area contributed by atoms with Gasteiger partial charge in [0.1, 0.15) is 0 Å². The summed E-state index contributed by atoms with van der Waals surface area (Å²) >= 11 is 4.28. The van der Waals surface area contributed by atoms with Gasteiger partial charge < -0.3 is 0 Å². The molecule has 0 aromatic heterocycles. The molecular formula is C12H11NS2. The fraction of sp³-hybridized carbons (Fsp3) is 0. The summed E-state index contributed by atoms with van der Waals surface area (Å²) in [5, 5.41) is 0. The number of benzene rings is 2. The number of nitrogens with zero attached hydrogens (tertiary/aromatic N) is 1. The van der Waals surface area contributed by atoms with Gasteiger partial charge in [-0.05, 0) is 24.3 Å². The lowest BCUT2D eigenvalue weighted by atomic mass is 10.3.